The van der Waals surface area contributed by atoms with Crippen LogP contribution in [-0.2, 0) is 10.0 Å². The fourth-order valence-corrected chi connectivity index (χ4v) is 3.29. The molecule has 100 valence electrons. The van der Waals surface area contributed by atoms with Crippen LogP contribution in [0.15, 0.2) is 12.4 Å². The molecule has 2 rings (SSSR count). The number of piperidine rings is 1. The Morgan fingerprint density at radius 3 is 2.72 bits per heavy atom. The third-order valence-electron chi connectivity index (χ3n) is 2.99. The predicted octanol–water partition coefficient (Wildman–Crippen LogP) is 0.648. The zero-order valence-corrected chi connectivity index (χ0v) is 11.6. The molecule has 1 saturated heterocycles. The summed E-state index contributed by atoms with van der Waals surface area (Å²) >= 11 is 5.72. The second-order valence-electron chi connectivity index (χ2n) is 4.16. The summed E-state index contributed by atoms with van der Waals surface area (Å²) in [4.78, 5) is 10.1. The summed E-state index contributed by atoms with van der Waals surface area (Å²) in [6.07, 6.45) is 4.49. The molecule has 0 aliphatic carbocycles. The van der Waals surface area contributed by atoms with Crippen LogP contribution in [0.2, 0.25) is 5.02 Å². The van der Waals surface area contributed by atoms with E-state index in [0.717, 1.165) is 13.0 Å². The van der Waals surface area contributed by atoms with Crippen molar-refractivity contribution < 1.29 is 8.42 Å². The SMILES string of the molecule is CNS(=O)(=O)C1CCCN(c2ncc(Cl)cn2)C1. The first-order chi connectivity index (χ1) is 8.53. The van der Waals surface area contributed by atoms with E-state index in [0.29, 0.717) is 23.9 Å². The van der Waals surface area contributed by atoms with Crippen LogP contribution >= 0.6 is 11.6 Å². The van der Waals surface area contributed by atoms with Gasteiger partial charge in [-0.1, -0.05) is 11.6 Å². The Bertz CT molecular complexity index is 505. The molecule has 0 saturated carbocycles. The first kappa shape index (κ1) is 13.5. The van der Waals surface area contributed by atoms with E-state index in [-0.39, 0.29) is 0 Å². The second kappa shape index (κ2) is 5.38. The van der Waals surface area contributed by atoms with E-state index in [4.69, 9.17) is 11.6 Å². The van der Waals surface area contributed by atoms with Crippen molar-refractivity contribution in [2.45, 2.75) is 18.1 Å². The third-order valence-corrected chi connectivity index (χ3v) is 5.02. The van der Waals surface area contributed by atoms with Crippen LogP contribution in [0.5, 0.6) is 0 Å². The Morgan fingerprint density at radius 2 is 2.11 bits per heavy atom. The topological polar surface area (TPSA) is 75.2 Å². The predicted molar refractivity (Wildman–Crippen MR) is 70.3 cm³/mol. The van der Waals surface area contributed by atoms with Gasteiger partial charge < -0.3 is 4.90 Å². The lowest BCUT2D eigenvalue weighted by molar-refractivity contribution is 0.522. The average molecular weight is 291 g/mol. The van der Waals surface area contributed by atoms with Crippen LogP contribution < -0.4 is 9.62 Å². The van der Waals surface area contributed by atoms with Crippen molar-refractivity contribution in [3.8, 4) is 0 Å². The minimum atomic E-state index is -3.24. The summed E-state index contributed by atoms with van der Waals surface area (Å²) in [5, 5.41) is 0.0469. The zero-order chi connectivity index (χ0) is 13.2. The Balaban J connectivity index is 2.14. The van der Waals surface area contributed by atoms with Crippen LogP contribution in [0.1, 0.15) is 12.8 Å². The molecule has 1 atom stereocenters. The summed E-state index contributed by atoms with van der Waals surface area (Å²) in [5.74, 6) is 0.524. The molecule has 1 aliphatic rings. The summed E-state index contributed by atoms with van der Waals surface area (Å²) in [5.41, 5.74) is 0. The molecule has 18 heavy (non-hydrogen) atoms. The first-order valence-electron chi connectivity index (χ1n) is 5.68. The van der Waals surface area contributed by atoms with Crippen LogP contribution in [-0.4, -0.2) is 43.8 Å². The molecule has 1 aromatic heterocycles. The lowest BCUT2D eigenvalue weighted by atomic mass is 10.1. The largest absolute Gasteiger partial charge is 0.339 e. The molecule has 1 N–H and O–H groups in total. The maximum absolute atomic E-state index is 11.8. The molecule has 1 aromatic rings. The van der Waals surface area contributed by atoms with E-state index in [9.17, 15) is 8.42 Å². The van der Waals surface area contributed by atoms with Gasteiger partial charge in [0.2, 0.25) is 16.0 Å². The van der Waals surface area contributed by atoms with E-state index in [1.54, 1.807) is 0 Å². The monoisotopic (exact) mass is 290 g/mol. The highest BCUT2D eigenvalue weighted by molar-refractivity contribution is 7.90. The zero-order valence-electron chi connectivity index (χ0n) is 10.0. The number of rotatable bonds is 3. The third kappa shape index (κ3) is 2.90. The number of anilines is 1. The number of halogens is 1. The van der Waals surface area contributed by atoms with E-state index in [2.05, 4.69) is 14.7 Å². The summed E-state index contributed by atoms with van der Waals surface area (Å²) in [6.45, 7) is 1.17. The lowest BCUT2D eigenvalue weighted by Gasteiger charge is -2.32. The van der Waals surface area contributed by atoms with Gasteiger partial charge in [0, 0.05) is 13.1 Å². The van der Waals surface area contributed by atoms with Crippen molar-refractivity contribution in [2.75, 3.05) is 25.0 Å². The van der Waals surface area contributed by atoms with Gasteiger partial charge in [-0.2, -0.15) is 0 Å². The molecule has 0 spiro atoms. The van der Waals surface area contributed by atoms with Crippen LogP contribution in [0, 0.1) is 0 Å². The summed E-state index contributed by atoms with van der Waals surface area (Å²) in [7, 11) is -1.81. The number of hydrogen-bond donors (Lipinski definition) is 1. The number of aromatic nitrogens is 2. The van der Waals surface area contributed by atoms with Gasteiger partial charge in [-0.25, -0.2) is 23.1 Å². The van der Waals surface area contributed by atoms with Gasteiger partial charge >= 0.3 is 0 Å². The minimum Gasteiger partial charge on any atom is -0.339 e. The molecule has 2 heterocycles. The van der Waals surface area contributed by atoms with Crippen molar-refractivity contribution in [3.63, 3.8) is 0 Å². The van der Waals surface area contributed by atoms with Gasteiger partial charge in [-0.3, -0.25) is 0 Å². The molecule has 0 radical (unpaired) electrons. The van der Waals surface area contributed by atoms with Crippen LogP contribution in [0.3, 0.4) is 0 Å². The van der Waals surface area contributed by atoms with E-state index < -0.39 is 15.3 Å². The fourth-order valence-electron chi connectivity index (χ4n) is 2.01. The molecule has 0 bridgehead atoms. The molecule has 6 nitrogen and oxygen atoms in total. The molecule has 0 aromatic carbocycles. The summed E-state index contributed by atoms with van der Waals surface area (Å²) < 4.78 is 25.9. The minimum absolute atomic E-state index is 0.408. The Labute approximate surface area is 111 Å². The van der Waals surface area contributed by atoms with Gasteiger partial charge in [-0.15, -0.1) is 0 Å². The molecule has 0 amide bonds. The molecule has 1 fully saturated rings. The Hall–Kier alpha value is -0.920. The Morgan fingerprint density at radius 1 is 1.44 bits per heavy atom. The maximum Gasteiger partial charge on any atom is 0.225 e. The maximum atomic E-state index is 11.8. The van der Waals surface area contributed by atoms with Gasteiger partial charge in [0.05, 0.1) is 22.7 Å². The van der Waals surface area contributed by atoms with Crippen molar-refractivity contribution in [2.24, 2.45) is 0 Å². The van der Waals surface area contributed by atoms with Gasteiger partial charge in [0.15, 0.2) is 0 Å². The second-order valence-corrected chi connectivity index (χ2v) is 6.76. The van der Waals surface area contributed by atoms with Crippen molar-refractivity contribution in [3.05, 3.63) is 17.4 Å². The van der Waals surface area contributed by atoms with E-state index in [1.165, 1.54) is 19.4 Å². The van der Waals surface area contributed by atoms with Crippen LogP contribution in [0.4, 0.5) is 5.95 Å². The highest BCUT2D eigenvalue weighted by Crippen LogP contribution is 2.20. The average Bonchev–Trinajstić information content (AvgIpc) is 2.40. The fraction of sp³-hybridized carbons (Fsp3) is 0.600. The highest BCUT2D eigenvalue weighted by atomic mass is 35.5. The lowest BCUT2D eigenvalue weighted by Crippen LogP contribution is -2.46. The smallest absolute Gasteiger partial charge is 0.225 e. The van der Waals surface area contributed by atoms with Gasteiger partial charge in [0.1, 0.15) is 0 Å². The molecular formula is C10H15ClN4O2S. The first-order valence-corrected chi connectivity index (χ1v) is 7.60. The molecular weight excluding hydrogens is 276 g/mol. The van der Waals surface area contributed by atoms with Gasteiger partial charge in [-0.05, 0) is 19.9 Å². The number of sulfonamides is 1. The number of nitrogens with one attached hydrogen (secondary N) is 1. The quantitative estimate of drug-likeness (QED) is 0.884. The number of hydrogen-bond acceptors (Lipinski definition) is 5. The molecule has 8 heteroatoms. The van der Waals surface area contributed by atoms with Crippen molar-refractivity contribution >= 4 is 27.6 Å². The van der Waals surface area contributed by atoms with E-state index in [1.807, 2.05) is 4.90 Å². The Kier molecular flexibility index (Phi) is 4.04. The summed E-state index contributed by atoms with van der Waals surface area (Å²) in [6, 6.07) is 0. The highest BCUT2D eigenvalue weighted by Gasteiger charge is 2.30. The van der Waals surface area contributed by atoms with E-state index >= 15 is 0 Å². The normalized spacial score (nSPS) is 21.0. The standard InChI is InChI=1S/C10H15ClN4O2S/c1-12-18(16,17)9-3-2-4-15(7-9)10-13-5-8(11)6-14-10/h5-6,9,12H,2-4,7H2,1H3. The van der Waals surface area contributed by atoms with Crippen molar-refractivity contribution in [1.82, 2.24) is 14.7 Å². The van der Waals surface area contributed by atoms with Gasteiger partial charge in [0.25, 0.3) is 0 Å². The molecule has 1 aliphatic heterocycles. The number of nitrogens with zero attached hydrogens (tertiary/aromatic N) is 3. The van der Waals surface area contributed by atoms with Crippen molar-refractivity contribution in [1.29, 1.82) is 0 Å². The van der Waals surface area contributed by atoms with Crippen LogP contribution in [0.25, 0.3) is 0 Å². The molecule has 1 unspecified atom stereocenters.